The fourth-order valence-electron chi connectivity index (χ4n) is 2.09. The Balaban J connectivity index is 2.22. The summed E-state index contributed by atoms with van der Waals surface area (Å²) >= 11 is 0. The van der Waals surface area contributed by atoms with E-state index in [9.17, 15) is 0 Å². The fourth-order valence-corrected chi connectivity index (χ4v) is 2.09. The second kappa shape index (κ2) is 5.55. The Morgan fingerprint density at radius 2 is 2.16 bits per heavy atom. The van der Waals surface area contributed by atoms with Gasteiger partial charge in [-0.1, -0.05) is 13.8 Å². The summed E-state index contributed by atoms with van der Waals surface area (Å²) in [5.74, 6) is 2.44. The van der Waals surface area contributed by atoms with Gasteiger partial charge in [-0.3, -0.25) is 5.41 Å². The summed E-state index contributed by atoms with van der Waals surface area (Å²) < 4.78 is 0. The van der Waals surface area contributed by atoms with Crippen LogP contribution < -0.4 is 10.6 Å². The molecule has 0 aromatic carbocycles. The van der Waals surface area contributed by atoms with Crippen LogP contribution in [-0.2, 0) is 0 Å². The van der Waals surface area contributed by atoms with Crippen LogP contribution in [-0.4, -0.2) is 28.4 Å². The summed E-state index contributed by atoms with van der Waals surface area (Å²) in [5, 5.41) is 7.38. The van der Waals surface area contributed by atoms with Gasteiger partial charge in [-0.25, -0.2) is 9.97 Å². The zero-order valence-electron chi connectivity index (χ0n) is 12.0. The smallest absolute Gasteiger partial charge is 0.133 e. The van der Waals surface area contributed by atoms with Crippen LogP contribution in [0.3, 0.4) is 0 Å². The Morgan fingerprint density at radius 1 is 1.47 bits per heavy atom. The Labute approximate surface area is 114 Å². The lowest BCUT2D eigenvalue weighted by atomic mass is 10.2. The highest BCUT2D eigenvalue weighted by Crippen LogP contribution is 2.31. The number of nitrogens with one attached hydrogen (secondary N) is 1. The first-order chi connectivity index (χ1) is 8.97. The molecule has 3 N–H and O–H groups in total. The lowest BCUT2D eigenvalue weighted by Crippen LogP contribution is -2.31. The Bertz CT molecular complexity index is 465. The maximum atomic E-state index is 7.38. The molecule has 1 saturated carbocycles. The highest BCUT2D eigenvalue weighted by Gasteiger charge is 2.30. The van der Waals surface area contributed by atoms with Crippen LogP contribution in [0, 0.1) is 12.3 Å². The van der Waals surface area contributed by atoms with Crippen molar-refractivity contribution in [3.8, 4) is 0 Å². The number of anilines is 1. The van der Waals surface area contributed by atoms with Crippen molar-refractivity contribution in [1.29, 1.82) is 5.41 Å². The van der Waals surface area contributed by atoms with Crippen molar-refractivity contribution in [3.05, 3.63) is 17.6 Å². The van der Waals surface area contributed by atoms with Gasteiger partial charge >= 0.3 is 0 Å². The number of hydrogen-bond donors (Lipinski definition) is 2. The van der Waals surface area contributed by atoms with Gasteiger partial charge in [0.2, 0.25) is 0 Å². The molecular formula is C14H23N5. The minimum atomic E-state index is 0.237. The summed E-state index contributed by atoms with van der Waals surface area (Å²) in [6, 6.07) is 2.60. The van der Waals surface area contributed by atoms with E-state index in [-0.39, 0.29) is 5.84 Å². The maximum absolute atomic E-state index is 7.38. The van der Waals surface area contributed by atoms with E-state index in [1.807, 2.05) is 13.0 Å². The largest absolute Gasteiger partial charge is 0.388 e. The molecule has 5 nitrogen and oxygen atoms in total. The summed E-state index contributed by atoms with van der Waals surface area (Å²) in [5.41, 5.74) is 6.47. The van der Waals surface area contributed by atoms with Crippen LogP contribution in [0.5, 0.6) is 0 Å². The van der Waals surface area contributed by atoms with Crippen LogP contribution in [0.15, 0.2) is 6.07 Å². The zero-order valence-corrected chi connectivity index (χ0v) is 12.0. The first-order valence-corrected chi connectivity index (χ1v) is 6.92. The number of nitrogens with two attached hydrogens (primary N) is 1. The summed E-state index contributed by atoms with van der Waals surface area (Å²) in [4.78, 5) is 11.4. The molecule has 1 aliphatic rings. The first kappa shape index (κ1) is 13.8. The molecule has 1 heterocycles. The molecule has 1 aromatic rings. The molecule has 0 amide bonds. The number of rotatable bonds is 6. The summed E-state index contributed by atoms with van der Waals surface area (Å²) in [7, 11) is 0. The second-order valence-corrected chi connectivity index (χ2v) is 5.58. The predicted octanol–water partition coefficient (Wildman–Crippen LogP) is 2.20. The highest BCUT2D eigenvalue weighted by atomic mass is 15.2. The van der Waals surface area contributed by atoms with Gasteiger partial charge in [0.15, 0.2) is 0 Å². The van der Waals surface area contributed by atoms with Crippen molar-refractivity contribution in [1.82, 2.24) is 9.97 Å². The molecule has 0 saturated heterocycles. The van der Waals surface area contributed by atoms with Gasteiger partial charge in [-0.15, -0.1) is 0 Å². The monoisotopic (exact) mass is 261 g/mol. The number of hydrogen-bond acceptors (Lipinski definition) is 4. The van der Waals surface area contributed by atoms with Gasteiger partial charge in [-0.2, -0.15) is 0 Å². The number of aryl methyl sites for hydroxylation is 1. The zero-order chi connectivity index (χ0) is 14.0. The molecule has 0 bridgehead atoms. The third-order valence-electron chi connectivity index (χ3n) is 3.28. The lowest BCUT2D eigenvalue weighted by molar-refractivity contribution is 0.731. The highest BCUT2D eigenvalue weighted by molar-refractivity contribution is 5.77. The quantitative estimate of drug-likeness (QED) is 0.608. The fraction of sp³-hybridized carbons (Fsp3) is 0.643. The first-order valence-electron chi connectivity index (χ1n) is 6.92. The van der Waals surface area contributed by atoms with E-state index >= 15 is 0 Å². The van der Waals surface area contributed by atoms with Crippen molar-refractivity contribution >= 4 is 11.7 Å². The number of aromatic nitrogens is 2. The van der Waals surface area contributed by atoms with Gasteiger partial charge in [0.25, 0.3) is 0 Å². The third kappa shape index (κ3) is 3.66. The molecule has 0 radical (unpaired) electrons. The van der Waals surface area contributed by atoms with Crippen LogP contribution >= 0.6 is 0 Å². The maximum Gasteiger partial charge on any atom is 0.133 e. The Kier molecular flexibility index (Phi) is 4.02. The molecule has 104 valence electrons. The van der Waals surface area contributed by atoms with Gasteiger partial charge in [0.1, 0.15) is 11.6 Å². The van der Waals surface area contributed by atoms with E-state index in [0.717, 1.165) is 23.9 Å². The second-order valence-electron chi connectivity index (χ2n) is 5.58. The predicted molar refractivity (Wildman–Crippen MR) is 77.8 cm³/mol. The molecule has 0 unspecified atom stereocenters. The van der Waals surface area contributed by atoms with E-state index in [4.69, 9.17) is 11.1 Å². The molecule has 1 aliphatic carbocycles. The van der Waals surface area contributed by atoms with E-state index in [0.29, 0.717) is 18.4 Å². The molecule has 0 atom stereocenters. The molecule has 0 aliphatic heterocycles. The van der Waals surface area contributed by atoms with Crippen LogP contribution in [0.4, 0.5) is 5.82 Å². The van der Waals surface area contributed by atoms with Crippen LogP contribution in [0.1, 0.15) is 50.5 Å². The summed E-state index contributed by atoms with van der Waals surface area (Å²) in [6.07, 6.45) is 3.01. The van der Waals surface area contributed by atoms with Gasteiger partial charge in [0.05, 0.1) is 5.84 Å². The van der Waals surface area contributed by atoms with Gasteiger partial charge in [0, 0.05) is 36.7 Å². The van der Waals surface area contributed by atoms with Crippen molar-refractivity contribution < 1.29 is 0 Å². The van der Waals surface area contributed by atoms with Crippen molar-refractivity contribution in [2.45, 2.75) is 52.0 Å². The van der Waals surface area contributed by atoms with Crippen LogP contribution in [0.2, 0.25) is 0 Å². The minimum Gasteiger partial charge on any atom is -0.388 e. The molecular weight excluding hydrogens is 238 g/mol. The van der Waals surface area contributed by atoms with Crippen molar-refractivity contribution in [2.24, 2.45) is 5.73 Å². The van der Waals surface area contributed by atoms with E-state index in [2.05, 4.69) is 28.7 Å². The van der Waals surface area contributed by atoms with E-state index in [1.165, 1.54) is 12.8 Å². The number of nitrogens with zero attached hydrogens (tertiary/aromatic N) is 3. The van der Waals surface area contributed by atoms with E-state index in [1.54, 1.807) is 0 Å². The standard InChI is InChI=1S/C14H23N5/c1-9(2)14-17-10(3)8-13(18-14)19(11-4-5-11)7-6-12(15)16/h8-9,11H,4-7H2,1-3H3,(H3,15,16). The van der Waals surface area contributed by atoms with Crippen molar-refractivity contribution in [2.75, 3.05) is 11.4 Å². The van der Waals surface area contributed by atoms with Gasteiger partial charge < -0.3 is 10.6 Å². The Hall–Kier alpha value is -1.65. The lowest BCUT2D eigenvalue weighted by Gasteiger charge is -2.24. The Morgan fingerprint density at radius 3 is 2.68 bits per heavy atom. The average Bonchev–Trinajstić information content (AvgIpc) is 3.12. The SMILES string of the molecule is Cc1cc(N(CCC(=N)N)C2CC2)nc(C(C)C)n1. The molecule has 1 aromatic heterocycles. The molecule has 1 fully saturated rings. The molecule has 19 heavy (non-hydrogen) atoms. The molecule has 5 heteroatoms. The van der Waals surface area contributed by atoms with E-state index < -0.39 is 0 Å². The summed E-state index contributed by atoms with van der Waals surface area (Å²) in [6.45, 7) is 6.99. The van der Waals surface area contributed by atoms with Crippen molar-refractivity contribution in [3.63, 3.8) is 0 Å². The number of amidine groups is 1. The molecule has 0 spiro atoms. The topological polar surface area (TPSA) is 78.9 Å². The molecule has 2 rings (SSSR count). The normalized spacial score (nSPS) is 14.7. The minimum absolute atomic E-state index is 0.237. The average molecular weight is 261 g/mol. The van der Waals surface area contributed by atoms with Gasteiger partial charge in [-0.05, 0) is 19.8 Å². The van der Waals surface area contributed by atoms with Crippen LogP contribution in [0.25, 0.3) is 0 Å². The third-order valence-corrected chi connectivity index (χ3v) is 3.28.